The Bertz CT molecular complexity index is 1100. The molecule has 2 aliphatic rings. The Hall–Kier alpha value is -3.36. The van der Waals surface area contributed by atoms with Crippen molar-refractivity contribution >= 4 is 11.7 Å². The highest BCUT2D eigenvalue weighted by molar-refractivity contribution is 5.78. The van der Waals surface area contributed by atoms with Crippen LogP contribution in [0.3, 0.4) is 0 Å². The van der Waals surface area contributed by atoms with E-state index in [4.69, 9.17) is 0 Å². The van der Waals surface area contributed by atoms with E-state index in [-0.39, 0.29) is 11.8 Å². The Labute approximate surface area is 187 Å². The quantitative estimate of drug-likeness (QED) is 0.638. The minimum atomic E-state index is 0.0120. The molecule has 1 aliphatic carbocycles. The number of carbonyl (C=O) groups excluding carboxylic acids is 1. The molecule has 3 aromatic rings. The molecule has 9 nitrogen and oxygen atoms in total. The van der Waals surface area contributed by atoms with E-state index in [1.165, 1.54) is 12.8 Å². The molecule has 4 heterocycles. The number of piperidine rings is 1. The number of aryl methyl sites for hydroxylation is 2. The smallest absolute Gasteiger partial charge is 0.223 e. The molecule has 1 amide bonds. The molecule has 2 fully saturated rings. The second kappa shape index (κ2) is 8.64. The number of carbonyl (C=O) groups is 1. The van der Waals surface area contributed by atoms with Gasteiger partial charge in [-0.25, -0.2) is 14.6 Å². The summed E-state index contributed by atoms with van der Waals surface area (Å²) in [5, 5.41) is 16.3. The van der Waals surface area contributed by atoms with Crippen molar-refractivity contribution in [2.24, 2.45) is 5.92 Å². The summed E-state index contributed by atoms with van der Waals surface area (Å²) in [7, 11) is 0. The third-order valence-corrected chi connectivity index (χ3v) is 6.24. The van der Waals surface area contributed by atoms with Crippen LogP contribution in [0.5, 0.6) is 0 Å². The zero-order chi connectivity index (χ0) is 22.1. The maximum Gasteiger partial charge on any atom is 0.223 e. The van der Waals surface area contributed by atoms with Gasteiger partial charge in [0.15, 0.2) is 11.6 Å². The van der Waals surface area contributed by atoms with E-state index < -0.39 is 0 Å². The summed E-state index contributed by atoms with van der Waals surface area (Å²) in [6.07, 6.45) is 5.61. The van der Waals surface area contributed by atoms with Crippen molar-refractivity contribution in [3.8, 4) is 5.82 Å². The second-order valence-corrected chi connectivity index (χ2v) is 8.78. The number of nitrogens with one attached hydrogen (secondary N) is 1. The summed E-state index contributed by atoms with van der Waals surface area (Å²) in [5.41, 5.74) is 3.96. The molecule has 1 aliphatic heterocycles. The molecule has 0 unspecified atom stereocenters. The molecule has 0 spiro atoms. The number of amides is 1. The number of hydrogen-bond donors (Lipinski definition) is 1. The molecular weight excluding hydrogens is 404 g/mol. The van der Waals surface area contributed by atoms with Crippen LogP contribution < -0.4 is 10.2 Å². The summed E-state index contributed by atoms with van der Waals surface area (Å²) < 4.78 is 1.80. The fourth-order valence-corrected chi connectivity index (χ4v) is 4.27. The predicted octanol–water partition coefficient (Wildman–Crippen LogP) is 2.48. The Morgan fingerprint density at radius 3 is 2.44 bits per heavy atom. The van der Waals surface area contributed by atoms with Crippen molar-refractivity contribution in [2.45, 2.75) is 52.0 Å². The first kappa shape index (κ1) is 20.5. The number of nitrogens with zero attached hydrogens (tertiary/aromatic N) is 7. The van der Waals surface area contributed by atoms with E-state index >= 15 is 0 Å². The lowest BCUT2D eigenvalue weighted by Gasteiger charge is -2.31. The maximum atomic E-state index is 12.7. The Kier molecular flexibility index (Phi) is 5.55. The molecule has 0 radical (unpaired) electrons. The highest BCUT2D eigenvalue weighted by Crippen LogP contribution is 2.38. The van der Waals surface area contributed by atoms with Crippen LogP contribution in [-0.2, 0) is 11.3 Å². The van der Waals surface area contributed by atoms with Gasteiger partial charge in [-0.2, -0.15) is 5.10 Å². The Morgan fingerprint density at radius 2 is 1.78 bits per heavy atom. The molecule has 3 aromatic heterocycles. The van der Waals surface area contributed by atoms with Crippen molar-refractivity contribution in [3.05, 3.63) is 53.4 Å². The minimum Gasteiger partial charge on any atom is -0.355 e. The third-order valence-electron chi connectivity index (χ3n) is 6.24. The van der Waals surface area contributed by atoms with Gasteiger partial charge in [-0.05, 0) is 63.8 Å². The lowest BCUT2D eigenvalue weighted by molar-refractivity contribution is -0.125. The van der Waals surface area contributed by atoms with Crippen LogP contribution in [0.15, 0.2) is 30.6 Å². The van der Waals surface area contributed by atoms with Gasteiger partial charge in [-0.15, -0.1) is 10.2 Å². The largest absolute Gasteiger partial charge is 0.355 e. The lowest BCUT2D eigenvalue weighted by Crippen LogP contribution is -2.40. The van der Waals surface area contributed by atoms with Gasteiger partial charge in [0.05, 0.1) is 17.9 Å². The van der Waals surface area contributed by atoms with Gasteiger partial charge in [-0.1, -0.05) is 0 Å². The molecular formula is C23H28N8O. The van der Waals surface area contributed by atoms with Crippen molar-refractivity contribution in [3.63, 3.8) is 0 Å². The topological polar surface area (TPSA) is 102 Å². The van der Waals surface area contributed by atoms with Gasteiger partial charge >= 0.3 is 0 Å². The average molecular weight is 433 g/mol. The first-order valence-electron chi connectivity index (χ1n) is 11.3. The standard InChI is InChI=1S/C23H28N8O/c1-15-11-16(2)31(29-15)22-6-5-21(27-28-22)30-9-7-18(8-10-30)23(32)24-13-19-12-20(17-3-4-17)26-14-25-19/h5-6,11-12,14,17-18H,3-4,7-10,13H2,1-2H3,(H,24,32). The molecule has 0 atom stereocenters. The van der Waals surface area contributed by atoms with Gasteiger partial charge in [0.25, 0.3) is 0 Å². The highest BCUT2D eigenvalue weighted by atomic mass is 16.1. The summed E-state index contributed by atoms with van der Waals surface area (Å²) in [5.74, 6) is 2.24. The van der Waals surface area contributed by atoms with Crippen molar-refractivity contribution < 1.29 is 4.79 Å². The molecule has 1 saturated heterocycles. The molecule has 32 heavy (non-hydrogen) atoms. The first-order chi connectivity index (χ1) is 15.6. The third kappa shape index (κ3) is 4.46. The summed E-state index contributed by atoms with van der Waals surface area (Å²) in [6, 6.07) is 7.96. The van der Waals surface area contributed by atoms with Crippen molar-refractivity contribution in [1.82, 2.24) is 35.3 Å². The zero-order valence-electron chi connectivity index (χ0n) is 18.5. The molecule has 0 bridgehead atoms. The SMILES string of the molecule is Cc1cc(C)n(-c2ccc(N3CCC(C(=O)NCc4cc(C5CC5)ncn4)CC3)nn2)n1. The maximum absolute atomic E-state index is 12.7. The summed E-state index contributed by atoms with van der Waals surface area (Å²) in [6.45, 7) is 5.99. The lowest BCUT2D eigenvalue weighted by atomic mass is 9.96. The number of hydrogen-bond acceptors (Lipinski definition) is 7. The fourth-order valence-electron chi connectivity index (χ4n) is 4.27. The minimum absolute atomic E-state index is 0.0120. The Morgan fingerprint density at radius 1 is 1.03 bits per heavy atom. The number of anilines is 1. The molecule has 5 rings (SSSR count). The average Bonchev–Trinajstić information content (AvgIpc) is 3.62. The first-order valence-corrected chi connectivity index (χ1v) is 11.3. The van der Waals surface area contributed by atoms with E-state index in [0.29, 0.717) is 18.3 Å². The van der Waals surface area contributed by atoms with E-state index in [9.17, 15) is 4.79 Å². The zero-order valence-corrected chi connectivity index (χ0v) is 18.5. The van der Waals surface area contributed by atoms with E-state index in [1.54, 1.807) is 11.0 Å². The molecule has 9 heteroatoms. The Balaban J connectivity index is 1.13. The normalized spacial score (nSPS) is 16.9. The van der Waals surface area contributed by atoms with Crippen LogP contribution in [-0.4, -0.2) is 48.9 Å². The molecule has 1 N–H and O–H groups in total. The highest BCUT2D eigenvalue weighted by Gasteiger charge is 2.27. The van der Waals surface area contributed by atoms with Gasteiger partial charge < -0.3 is 10.2 Å². The van der Waals surface area contributed by atoms with Crippen LogP contribution in [0.2, 0.25) is 0 Å². The van der Waals surface area contributed by atoms with E-state index in [1.807, 2.05) is 38.1 Å². The monoisotopic (exact) mass is 432 g/mol. The van der Waals surface area contributed by atoms with Crippen molar-refractivity contribution in [1.29, 1.82) is 0 Å². The fraction of sp³-hybridized carbons (Fsp3) is 0.478. The van der Waals surface area contributed by atoms with Gasteiger partial charge in [0.2, 0.25) is 5.91 Å². The summed E-state index contributed by atoms with van der Waals surface area (Å²) >= 11 is 0. The van der Waals surface area contributed by atoms with Crippen LogP contribution in [0.1, 0.15) is 54.4 Å². The van der Waals surface area contributed by atoms with E-state index in [2.05, 4.69) is 35.5 Å². The predicted molar refractivity (Wildman–Crippen MR) is 119 cm³/mol. The van der Waals surface area contributed by atoms with Gasteiger partial charge in [-0.3, -0.25) is 4.79 Å². The molecule has 0 aromatic carbocycles. The molecule has 166 valence electrons. The number of rotatable bonds is 6. The van der Waals surface area contributed by atoms with Crippen LogP contribution in [0, 0.1) is 19.8 Å². The van der Waals surface area contributed by atoms with E-state index in [0.717, 1.165) is 54.5 Å². The van der Waals surface area contributed by atoms with Crippen LogP contribution in [0.25, 0.3) is 5.82 Å². The molecule has 1 saturated carbocycles. The second-order valence-electron chi connectivity index (χ2n) is 8.78. The van der Waals surface area contributed by atoms with Crippen LogP contribution >= 0.6 is 0 Å². The van der Waals surface area contributed by atoms with Gasteiger partial charge in [0.1, 0.15) is 6.33 Å². The van der Waals surface area contributed by atoms with Crippen LogP contribution in [0.4, 0.5) is 5.82 Å². The van der Waals surface area contributed by atoms with Gasteiger partial charge in [0, 0.05) is 36.3 Å². The van der Waals surface area contributed by atoms with Crippen molar-refractivity contribution in [2.75, 3.05) is 18.0 Å². The number of aromatic nitrogens is 6. The summed E-state index contributed by atoms with van der Waals surface area (Å²) in [4.78, 5) is 23.5.